The average molecular weight is 412 g/mol. The Morgan fingerprint density at radius 3 is 2.59 bits per heavy atom. The number of esters is 1. The smallest absolute Gasteiger partial charge is 0.326 e. The van der Waals surface area contributed by atoms with Crippen LogP contribution in [-0.4, -0.2) is 30.4 Å². The third kappa shape index (κ3) is 7.13. The molecule has 0 fully saturated rings. The highest BCUT2D eigenvalue weighted by molar-refractivity contribution is 6.32. The van der Waals surface area contributed by atoms with Crippen LogP contribution in [0.25, 0.3) is 6.08 Å². The van der Waals surface area contributed by atoms with E-state index in [0.717, 1.165) is 5.56 Å². The van der Waals surface area contributed by atoms with Crippen molar-refractivity contribution in [3.05, 3.63) is 70.8 Å². The van der Waals surface area contributed by atoms with Crippen molar-refractivity contribution < 1.29 is 19.1 Å². The number of benzene rings is 2. The molecular formula is C21H18ClN3O4. The largest absolute Gasteiger partial charge is 0.451 e. The molecule has 2 amide bonds. The van der Waals surface area contributed by atoms with Crippen LogP contribution < -0.4 is 10.6 Å². The van der Waals surface area contributed by atoms with Gasteiger partial charge in [-0.15, -0.1) is 0 Å². The molecule has 0 heterocycles. The van der Waals surface area contributed by atoms with Crippen molar-refractivity contribution in [3.63, 3.8) is 0 Å². The molecule has 0 bridgehead atoms. The van der Waals surface area contributed by atoms with Crippen LogP contribution >= 0.6 is 11.6 Å². The summed E-state index contributed by atoms with van der Waals surface area (Å²) in [4.78, 5) is 35.7. The molecule has 2 aromatic rings. The number of hydrogen-bond acceptors (Lipinski definition) is 5. The number of hydrogen-bond donors (Lipinski definition) is 2. The first-order valence-corrected chi connectivity index (χ1v) is 8.98. The predicted octanol–water partition coefficient (Wildman–Crippen LogP) is 2.91. The summed E-state index contributed by atoms with van der Waals surface area (Å²) in [7, 11) is 0. The fraction of sp³-hybridized carbons (Fsp3) is 0.143. The van der Waals surface area contributed by atoms with Crippen molar-refractivity contribution in [2.75, 3.05) is 11.9 Å². The molecule has 0 unspecified atom stereocenters. The van der Waals surface area contributed by atoms with Gasteiger partial charge in [0.2, 0.25) is 5.91 Å². The quantitative estimate of drug-likeness (QED) is 0.538. The van der Waals surface area contributed by atoms with Gasteiger partial charge in [-0.2, -0.15) is 5.26 Å². The van der Waals surface area contributed by atoms with Crippen molar-refractivity contribution in [2.24, 2.45) is 0 Å². The van der Waals surface area contributed by atoms with Gasteiger partial charge < -0.3 is 15.4 Å². The van der Waals surface area contributed by atoms with Crippen LogP contribution in [0.2, 0.25) is 5.02 Å². The number of halogens is 1. The third-order valence-electron chi connectivity index (χ3n) is 3.67. The summed E-state index contributed by atoms with van der Waals surface area (Å²) in [6.45, 7) is 1.02. The summed E-state index contributed by atoms with van der Waals surface area (Å²) in [5, 5.41) is 14.0. The number of amides is 2. The van der Waals surface area contributed by atoms with Crippen LogP contribution in [0.1, 0.15) is 18.1 Å². The maximum atomic E-state index is 12.1. The highest BCUT2D eigenvalue weighted by atomic mass is 35.5. The molecule has 0 aliphatic heterocycles. The van der Waals surface area contributed by atoms with E-state index < -0.39 is 23.9 Å². The lowest BCUT2D eigenvalue weighted by Gasteiger charge is -2.14. The lowest BCUT2D eigenvalue weighted by molar-refractivity contribution is -0.152. The zero-order chi connectivity index (χ0) is 21.2. The molecule has 2 rings (SSSR count). The van der Waals surface area contributed by atoms with Gasteiger partial charge in [-0.3, -0.25) is 14.4 Å². The van der Waals surface area contributed by atoms with E-state index in [9.17, 15) is 14.4 Å². The standard InChI is InChI=1S/C21H18ClN3O4/c1-14(21(28)25-17-9-8-16(12-23)18(22)11-17)29-20(27)13-24-19(26)10-7-15-5-3-2-4-6-15/h2-11,14H,13H2,1H3,(H,24,26)(H,25,28)/b10-7+/t14-/m1/s1. The van der Waals surface area contributed by atoms with E-state index in [1.807, 2.05) is 36.4 Å². The molecule has 0 aliphatic rings. The summed E-state index contributed by atoms with van der Waals surface area (Å²) in [6.07, 6.45) is 1.82. The summed E-state index contributed by atoms with van der Waals surface area (Å²) < 4.78 is 5.00. The molecule has 0 saturated heterocycles. The van der Waals surface area contributed by atoms with Crippen LogP contribution in [0.4, 0.5) is 5.69 Å². The van der Waals surface area contributed by atoms with E-state index in [-0.39, 0.29) is 17.1 Å². The molecule has 0 spiro atoms. The Morgan fingerprint density at radius 1 is 1.21 bits per heavy atom. The Morgan fingerprint density at radius 2 is 1.93 bits per heavy atom. The molecule has 0 aromatic heterocycles. The molecule has 7 nitrogen and oxygen atoms in total. The van der Waals surface area contributed by atoms with Crippen molar-refractivity contribution in [3.8, 4) is 6.07 Å². The topological polar surface area (TPSA) is 108 Å². The Hall–Kier alpha value is -3.63. The number of rotatable bonds is 7. The Balaban J connectivity index is 1.78. The lowest BCUT2D eigenvalue weighted by atomic mass is 10.2. The molecule has 0 saturated carbocycles. The molecule has 0 aliphatic carbocycles. The average Bonchev–Trinajstić information content (AvgIpc) is 2.71. The SMILES string of the molecule is C[C@@H](OC(=O)CNC(=O)/C=C/c1ccccc1)C(=O)Nc1ccc(C#N)c(Cl)c1. The van der Waals surface area contributed by atoms with Crippen LogP contribution in [0.5, 0.6) is 0 Å². The monoisotopic (exact) mass is 411 g/mol. The van der Waals surface area contributed by atoms with Crippen LogP contribution in [-0.2, 0) is 19.1 Å². The molecule has 1 atom stereocenters. The van der Waals surface area contributed by atoms with Gasteiger partial charge >= 0.3 is 5.97 Å². The first kappa shape index (κ1) is 21.7. The number of anilines is 1. The highest BCUT2D eigenvalue weighted by Crippen LogP contribution is 2.20. The molecule has 2 aromatic carbocycles. The van der Waals surface area contributed by atoms with Crippen molar-refractivity contribution in [2.45, 2.75) is 13.0 Å². The first-order chi connectivity index (χ1) is 13.9. The Bertz CT molecular complexity index is 968. The number of carbonyl (C=O) groups excluding carboxylic acids is 3. The number of nitrogens with one attached hydrogen (secondary N) is 2. The number of carbonyl (C=O) groups is 3. The normalized spacial score (nSPS) is 11.3. The summed E-state index contributed by atoms with van der Waals surface area (Å²) in [5.41, 5.74) is 1.49. The fourth-order valence-corrected chi connectivity index (χ4v) is 2.40. The van der Waals surface area contributed by atoms with E-state index in [0.29, 0.717) is 5.69 Å². The van der Waals surface area contributed by atoms with Crippen LogP contribution in [0.3, 0.4) is 0 Å². The van der Waals surface area contributed by atoms with E-state index in [1.54, 1.807) is 6.08 Å². The second-order valence-corrected chi connectivity index (χ2v) is 6.30. The van der Waals surface area contributed by atoms with Crippen LogP contribution in [0.15, 0.2) is 54.6 Å². The van der Waals surface area contributed by atoms with Crippen molar-refractivity contribution >= 4 is 41.1 Å². The Kier molecular flexibility index (Phi) is 7.95. The van der Waals surface area contributed by atoms with Gasteiger partial charge in [0, 0.05) is 11.8 Å². The highest BCUT2D eigenvalue weighted by Gasteiger charge is 2.18. The van der Waals surface area contributed by atoms with E-state index in [2.05, 4.69) is 10.6 Å². The number of nitriles is 1. The van der Waals surface area contributed by atoms with Gasteiger partial charge in [0.05, 0.1) is 10.6 Å². The second-order valence-electron chi connectivity index (χ2n) is 5.89. The fourth-order valence-electron chi connectivity index (χ4n) is 2.17. The minimum absolute atomic E-state index is 0.196. The van der Waals surface area contributed by atoms with E-state index >= 15 is 0 Å². The summed E-state index contributed by atoms with van der Waals surface area (Å²) in [5.74, 6) is -1.79. The predicted molar refractivity (Wildman–Crippen MR) is 109 cm³/mol. The van der Waals surface area contributed by atoms with Crippen molar-refractivity contribution in [1.29, 1.82) is 5.26 Å². The maximum Gasteiger partial charge on any atom is 0.326 e. The minimum atomic E-state index is -1.09. The second kappa shape index (κ2) is 10.6. The molecule has 0 radical (unpaired) electrons. The zero-order valence-corrected chi connectivity index (χ0v) is 16.3. The molecule has 8 heteroatoms. The van der Waals surface area contributed by atoms with Gasteiger partial charge in [0.25, 0.3) is 5.91 Å². The summed E-state index contributed by atoms with van der Waals surface area (Å²) >= 11 is 5.91. The van der Waals surface area contributed by atoms with Gasteiger partial charge in [0.1, 0.15) is 12.6 Å². The number of nitrogens with zero attached hydrogens (tertiary/aromatic N) is 1. The van der Waals surface area contributed by atoms with Gasteiger partial charge in [-0.05, 0) is 36.8 Å². The molecular weight excluding hydrogens is 394 g/mol. The number of ether oxygens (including phenoxy) is 1. The summed E-state index contributed by atoms with van der Waals surface area (Å²) in [6, 6.07) is 15.5. The van der Waals surface area contributed by atoms with Gasteiger partial charge in [-0.25, -0.2) is 0 Å². The lowest BCUT2D eigenvalue weighted by Crippen LogP contribution is -2.35. The maximum absolute atomic E-state index is 12.1. The first-order valence-electron chi connectivity index (χ1n) is 8.60. The minimum Gasteiger partial charge on any atom is -0.451 e. The van der Waals surface area contributed by atoms with Gasteiger partial charge in [-0.1, -0.05) is 41.9 Å². The van der Waals surface area contributed by atoms with Gasteiger partial charge in [0.15, 0.2) is 6.10 Å². The van der Waals surface area contributed by atoms with Crippen LogP contribution in [0, 0.1) is 11.3 Å². The third-order valence-corrected chi connectivity index (χ3v) is 3.98. The molecule has 29 heavy (non-hydrogen) atoms. The molecule has 2 N–H and O–H groups in total. The van der Waals surface area contributed by atoms with E-state index in [1.165, 1.54) is 31.2 Å². The molecule has 148 valence electrons. The van der Waals surface area contributed by atoms with Crippen molar-refractivity contribution in [1.82, 2.24) is 5.32 Å². The van der Waals surface area contributed by atoms with E-state index in [4.69, 9.17) is 21.6 Å². The zero-order valence-electron chi connectivity index (χ0n) is 15.5. The Labute approximate surface area is 172 Å².